The first kappa shape index (κ1) is 13.5. The number of carbonyl (C=O) groups is 1. The topological polar surface area (TPSA) is 29.1 Å². The fourth-order valence-electron chi connectivity index (χ4n) is 1.19. The summed E-state index contributed by atoms with van der Waals surface area (Å²) in [6.07, 6.45) is 2.20. The molecule has 0 aliphatic carbocycles. The van der Waals surface area contributed by atoms with Crippen molar-refractivity contribution in [3.05, 3.63) is 0 Å². The van der Waals surface area contributed by atoms with E-state index < -0.39 is 0 Å². The van der Waals surface area contributed by atoms with Gasteiger partial charge in [0.15, 0.2) is 0 Å². The van der Waals surface area contributed by atoms with Gasteiger partial charge in [-0.25, -0.2) is 0 Å². The average Bonchev–Trinajstić information content (AvgIpc) is 2.00. The molecule has 14 heavy (non-hydrogen) atoms. The molecule has 0 aliphatic heterocycles. The van der Waals surface area contributed by atoms with Crippen molar-refractivity contribution in [3.63, 3.8) is 0 Å². The molecule has 0 heterocycles. The molecule has 2 heteroatoms. The average molecular weight is 199 g/mol. The Bertz CT molecular complexity index is 183. The molecule has 0 radical (unpaired) electrons. The van der Waals surface area contributed by atoms with Gasteiger partial charge in [-0.1, -0.05) is 27.7 Å². The fraction of sp³-hybridized carbons (Fsp3) is 0.917. The predicted molar refractivity (Wildman–Crippen MR) is 61.1 cm³/mol. The fourth-order valence-corrected chi connectivity index (χ4v) is 1.19. The van der Waals surface area contributed by atoms with E-state index in [4.69, 9.17) is 0 Å². The van der Waals surface area contributed by atoms with E-state index >= 15 is 0 Å². The van der Waals surface area contributed by atoms with E-state index in [0.717, 1.165) is 12.8 Å². The van der Waals surface area contributed by atoms with Gasteiger partial charge in [0, 0.05) is 11.5 Å². The minimum Gasteiger partial charge on any atom is -0.351 e. The van der Waals surface area contributed by atoms with Crippen LogP contribution in [-0.4, -0.2) is 11.4 Å². The van der Waals surface area contributed by atoms with Gasteiger partial charge in [-0.2, -0.15) is 0 Å². The minimum atomic E-state index is -0.0639. The van der Waals surface area contributed by atoms with Gasteiger partial charge in [-0.05, 0) is 32.6 Å². The maximum Gasteiger partial charge on any atom is 0.222 e. The molecular formula is C12H25NO. The number of amides is 1. The van der Waals surface area contributed by atoms with Crippen molar-refractivity contribution in [3.8, 4) is 0 Å². The minimum absolute atomic E-state index is 0.0639. The normalized spacial score (nSPS) is 12.3. The van der Waals surface area contributed by atoms with Crippen LogP contribution in [0.3, 0.4) is 0 Å². The van der Waals surface area contributed by atoms with Gasteiger partial charge in [0.05, 0.1) is 0 Å². The summed E-state index contributed by atoms with van der Waals surface area (Å²) in [5.74, 6) is 0.928. The van der Waals surface area contributed by atoms with Gasteiger partial charge in [0.1, 0.15) is 0 Å². The van der Waals surface area contributed by atoms with Gasteiger partial charge in [0.2, 0.25) is 5.91 Å². The number of nitrogens with one attached hydrogen (secondary N) is 1. The second-order valence-electron chi connectivity index (χ2n) is 5.46. The van der Waals surface area contributed by atoms with Gasteiger partial charge >= 0.3 is 0 Å². The van der Waals surface area contributed by atoms with Gasteiger partial charge < -0.3 is 5.32 Å². The number of hydrogen-bond acceptors (Lipinski definition) is 1. The largest absolute Gasteiger partial charge is 0.351 e. The van der Waals surface area contributed by atoms with Gasteiger partial charge in [-0.15, -0.1) is 0 Å². The Labute approximate surface area is 88.5 Å². The highest BCUT2D eigenvalue weighted by molar-refractivity contribution is 5.78. The van der Waals surface area contributed by atoms with E-state index in [1.54, 1.807) is 0 Å². The third-order valence-corrected chi connectivity index (χ3v) is 2.33. The Balaban J connectivity index is 4.00. The van der Waals surface area contributed by atoms with Crippen LogP contribution in [0.5, 0.6) is 0 Å². The van der Waals surface area contributed by atoms with Crippen LogP contribution in [0.2, 0.25) is 0 Å². The molecule has 0 unspecified atom stereocenters. The number of carbonyl (C=O) groups excluding carboxylic acids is 1. The summed E-state index contributed by atoms with van der Waals surface area (Å²) in [7, 11) is 0. The molecule has 0 aromatic carbocycles. The molecule has 0 fully saturated rings. The lowest BCUT2D eigenvalue weighted by molar-refractivity contribution is -0.125. The van der Waals surface area contributed by atoms with Crippen molar-refractivity contribution in [2.24, 2.45) is 11.8 Å². The molecule has 0 aliphatic rings. The summed E-state index contributed by atoms with van der Waals surface area (Å²) < 4.78 is 0. The highest BCUT2D eigenvalue weighted by Gasteiger charge is 2.21. The van der Waals surface area contributed by atoms with E-state index in [0.29, 0.717) is 5.92 Å². The smallest absolute Gasteiger partial charge is 0.222 e. The van der Waals surface area contributed by atoms with Crippen LogP contribution in [0.15, 0.2) is 0 Å². The summed E-state index contributed by atoms with van der Waals surface area (Å²) in [5.41, 5.74) is -0.0639. The Morgan fingerprint density at radius 2 is 1.71 bits per heavy atom. The van der Waals surface area contributed by atoms with Gasteiger partial charge in [0.25, 0.3) is 0 Å². The monoisotopic (exact) mass is 199 g/mol. The van der Waals surface area contributed by atoms with Crippen LogP contribution in [0.1, 0.15) is 54.4 Å². The second kappa shape index (κ2) is 5.38. The van der Waals surface area contributed by atoms with Crippen molar-refractivity contribution in [1.29, 1.82) is 0 Å². The molecule has 0 bridgehead atoms. The zero-order chi connectivity index (χ0) is 11.4. The molecule has 0 rings (SSSR count). The van der Waals surface area contributed by atoms with Crippen molar-refractivity contribution in [2.45, 2.75) is 59.9 Å². The first-order valence-electron chi connectivity index (χ1n) is 5.56. The van der Waals surface area contributed by atoms with E-state index in [1.807, 2.05) is 13.8 Å². The van der Waals surface area contributed by atoms with E-state index in [-0.39, 0.29) is 17.4 Å². The van der Waals surface area contributed by atoms with Crippen molar-refractivity contribution < 1.29 is 4.79 Å². The third-order valence-electron chi connectivity index (χ3n) is 2.33. The lowest BCUT2D eigenvalue weighted by Crippen LogP contribution is -2.45. The van der Waals surface area contributed by atoms with Crippen LogP contribution in [0.25, 0.3) is 0 Å². The third kappa shape index (κ3) is 6.01. The highest BCUT2D eigenvalue weighted by Crippen LogP contribution is 2.16. The molecule has 0 saturated heterocycles. The highest BCUT2D eigenvalue weighted by atomic mass is 16.2. The Morgan fingerprint density at radius 1 is 1.21 bits per heavy atom. The predicted octanol–water partition coefficient (Wildman–Crippen LogP) is 2.97. The lowest BCUT2D eigenvalue weighted by atomic mass is 9.93. The molecule has 84 valence electrons. The molecule has 2 nitrogen and oxygen atoms in total. The van der Waals surface area contributed by atoms with Crippen LogP contribution in [-0.2, 0) is 4.79 Å². The van der Waals surface area contributed by atoms with Crippen molar-refractivity contribution in [1.82, 2.24) is 5.32 Å². The molecule has 0 spiro atoms. The summed E-state index contributed by atoms with van der Waals surface area (Å²) in [5, 5.41) is 3.07. The van der Waals surface area contributed by atoms with Crippen LogP contribution < -0.4 is 5.32 Å². The Kier molecular flexibility index (Phi) is 5.17. The lowest BCUT2D eigenvalue weighted by Gasteiger charge is -2.28. The molecule has 0 aromatic heterocycles. The van der Waals surface area contributed by atoms with Crippen molar-refractivity contribution >= 4 is 5.91 Å². The molecule has 1 amide bonds. The second-order valence-corrected chi connectivity index (χ2v) is 5.46. The zero-order valence-electron chi connectivity index (χ0n) is 10.5. The van der Waals surface area contributed by atoms with E-state index in [2.05, 4.69) is 33.0 Å². The van der Waals surface area contributed by atoms with Crippen LogP contribution >= 0.6 is 0 Å². The SMILES string of the molecule is CC(C)CCC(C)(C)NC(=O)C(C)C. The Hall–Kier alpha value is -0.530. The molecule has 0 saturated carbocycles. The number of rotatable bonds is 5. The summed E-state index contributed by atoms with van der Waals surface area (Å²) in [6.45, 7) is 12.5. The molecule has 0 aromatic rings. The zero-order valence-corrected chi connectivity index (χ0v) is 10.5. The Morgan fingerprint density at radius 3 is 2.07 bits per heavy atom. The standard InChI is InChI=1S/C12H25NO/c1-9(2)7-8-12(5,6)13-11(14)10(3)4/h9-10H,7-8H2,1-6H3,(H,13,14). The number of hydrogen-bond donors (Lipinski definition) is 1. The maximum absolute atomic E-state index is 11.5. The van der Waals surface area contributed by atoms with E-state index in [1.165, 1.54) is 0 Å². The van der Waals surface area contributed by atoms with Crippen molar-refractivity contribution in [2.75, 3.05) is 0 Å². The molecule has 1 N–H and O–H groups in total. The first-order valence-corrected chi connectivity index (χ1v) is 5.56. The summed E-state index contributed by atoms with van der Waals surface area (Å²) in [4.78, 5) is 11.5. The van der Waals surface area contributed by atoms with Crippen LogP contribution in [0, 0.1) is 11.8 Å². The molecular weight excluding hydrogens is 174 g/mol. The first-order chi connectivity index (χ1) is 6.24. The summed E-state index contributed by atoms with van der Waals surface area (Å²) in [6, 6.07) is 0. The van der Waals surface area contributed by atoms with Crippen LogP contribution in [0.4, 0.5) is 0 Å². The molecule has 0 atom stereocenters. The summed E-state index contributed by atoms with van der Waals surface area (Å²) >= 11 is 0. The quantitative estimate of drug-likeness (QED) is 0.724. The van der Waals surface area contributed by atoms with Gasteiger partial charge in [-0.3, -0.25) is 4.79 Å². The van der Waals surface area contributed by atoms with E-state index in [9.17, 15) is 4.79 Å². The maximum atomic E-state index is 11.5.